The van der Waals surface area contributed by atoms with Gasteiger partial charge in [0.1, 0.15) is 0 Å². The maximum atomic E-state index is 12.5. The lowest BCUT2D eigenvalue weighted by atomic mass is 10.1. The number of aryl methyl sites for hydroxylation is 1. The zero-order valence-corrected chi connectivity index (χ0v) is 15.0. The number of pyridine rings is 1. The van der Waals surface area contributed by atoms with Crippen molar-refractivity contribution in [3.8, 4) is 0 Å². The molecular formula is C18H15N3O5S. The molecule has 0 fully saturated rings. The first-order valence-electron chi connectivity index (χ1n) is 8.07. The Labute approximate surface area is 152 Å². The van der Waals surface area contributed by atoms with Crippen LogP contribution in [0.4, 0.5) is 0 Å². The number of rotatable bonds is 4. The van der Waals surface area contributed by atoms with E-state index in [1.165, 1.54) is 18.2 Å². The van der Waals surface area contributed by atoms with Gasteiger partial charge in [-0.1, -0.05) is 12.1 Å². The summed E-state index contributed by atoms with van der Waals surface area (Å²) >= 11 is 0. The number of hydrogen-bond donors (Lipinski definition) is 3. The number of benzene rings is 2. The van der Waals surface area contributed by atoms with Crippen molar-refractivity contribution in [3.63, 3.8) is 0 Å². The van der Waals surface area contributed by atoms with Gasteiger partial charge in [-0.3, -0.25) is 9.78 Å². The Morgan fingerprint density at radius 3 is 2.63 bits per heavy atom. The summed E-state index contributed by atoms with van der Waals surface area (Å²) in [6, 6.07) is 11.3. The van der Waals surface area contributed by atoms with E-state index in [0.717, 1.165) is 10.9 Å². The Hall–Kier alpha value is -3.17. The maximum Gasteiger partial charge on any atom is 0.417 e. The standard InChI is InChI=1S/C18H15N3O5S/c1-10-2-3-11-7-12(17(22)20-15(11)6-10)9-19-27(24,25)13-4-5-14-16(8-13)26-18(23)21-14/h2-8,19H,9H2,1H3,(H,20,22)(H,21,23). The van der Waals surface area contributed by atoms with Gasteiger partial charge in [-0.15, -0.1) is 0 Å². The predicted octanol–water partition coefficient (Wildman–Crippen LogP) is 1.75. The molecule has 0 saturated carbocycles. The van der Waals surface area contributed by atoms with Crippen molar-refractivity contribution in [3.05, 3.63) is 74.5 Å². The van der Waals surface area contributed by atoms with Crippen molar-refractivity contribution < 1.29 is 12.8 Å². The fourth-order valence-electron chi connectivity index (χ4n) is 2.84. The largest absolute Gasteiger partial charge is 0.417 e. The highest BCUT2D eigenvalue weighted by Crippen LogP contribution is 2.17. The van der Waals surface area contributed by atoms with E-state index >= 15 is 0 Å². The number of sulfonamides is 1. The number of hydrogen-bond acceptors (Lipinski definition) is 5. The molecule has 0 radical (unpaired) electrons. The van der Waals surface area contributed by atoms with Crippen LogP contribution in [0.1, 0.15) is 11.1 Å². The molecule has 0 spiro atoms. The van der Waals surface area contributed by atoms with Gasteiger partial charge < -0.3 is 9.40 Å². The molecule has 0 bridgehead atoms. The van der Waals surface area contributed by atoms with E-state index in [2.05, 4.69) is 14.7 Å². The van der Waals surface area contributed by atoms with Crippen LogP contribution in [-0.4, -0.2) is 18.4 Å². The van der Waals surface area contributed by atoms with Crippen LogP contribution in [0, 0.1) is 6.92 Å². The molecule has 4 rings (SSSR count). The van der Waals surface area contributed by atoms with E-state index in [9.17, 15) is 18.0 Å². The number of H-pyrrole nitrogens is 2. The molecule has 0 aliphatic rings. The van der Waals surface area contributed by atoms with Crippen LogP contribution in [0.15, 0.2) is 61.4 Å². The van der Waals surface area contributed by atoms with Gasteiger partial charge in [-0.25, -0.2) is 17.9 Å². The van der Waals surface area contributed by atoms with Crippen LogP contribution in [-0.2, 0) is 16.6 Å². The van der Waals surface area contributed by atoms with E-state index in [0.29, 0.717) is 16.6 Å². The van der Waals surface area contributed by atoms with E-state index in [-0.39, 0.29) is 22.6 Å². The normalized spacial score (nSPS) is 12.0. The first-order valence-corrected chi connectivity index (χ1v) is 9.55. The Morgan fingerprint density at radius 1 is 1.00 bits per heavy atom. The predicted molar refractivity (Wildman–Crippen MR) is 100 cm³/mol. The smallest absolute Gasteiger partial charge is 0.408 e. The molecule has 0 aliphatic heterocycles. The van der Waals surface area contributed by atoms with Crippen LogP contribution in [0.5, 0.6) is 0 Å². The van der Waals surface area contributed by atoms with Crippen molar-refractivity contribution in [2.45, 2.75) is 18.4 Å². The van der Waals surface area contributed by atoms with Crippen molar-refractivity contribution in [1.29, 1.82) is 0 Å². The first kappa shape index (κ1) is 17.3. The molecule has 0 aliphatic carbocycles. The van der Waals surface area contributed by atoms with Crippen LogP contribution in [0.2, 0.25) is 0 Å². The molecule has 4 aromatic rings. The summed E-state index contributed by atoms with van der Waals surface area (Å²) in [5, 5.41) is 0.810. The fraction of sp³-hybridized carbons (Fsp3) is 0.111. The van der Waals surface area contributed by atoms with Crippen LogP contribution in [0.25, 0.3) is 22.0 Å². The van der Waals surface area contributed by atoms with Gasteiger partial charge in [-0.2, -0.15) is 0 Å². The molecule has 2 heterocycles. The van der Waals surface area contributed by atoms with Gasteiger partial charge in [-0.05, 0) is 42.1 Å². The quantitative estimate of drug-likeness (QED) is 0.493. The molecule has 2 aromatic carbocycles. The van der Waals surface area contributed by atoms with Gasteiger partial charge in [0.05, 0.1) is 10.4 Å². The molecular weight excluding hydrogens is 370 g/mol. The Balaban J connectivity index is 1.64. The Morgan fingerprint density at radius 2 is 1.81 bits per heavy atom. The minimum absolute atomic E-state index is 0.0643. The van der Waals surface area contributed by atoms with Gasteiger partial charge in [0.2, 0.25) is 10.0 Å². The molecule has 0 saturated heterocycles. The Bertz CT molecular complexity index is 1400. The third-order valence-corrected chi connectivity index (χ3v) is 5.63. The van der Waals surface area contributed by atoms with E-state index < -0.39 is 15.8 Å². The average molecular weight is 385 g/mol. The second-order valence-electron chi connectivity index (χ2n) is 6.21. The summed E-state index contributed by atoms with van der Waals surface area (Å²) in [5.41, 5.74) is 2.19. The highest BCUT2D eigenvalue weighted by atomic mass is 32.2. The summed E-state index contributed by atoms with van der Waals surface area (Å²) in [6.07, 6.45) is 0. The van der Waals surface area contributed by atoms with E-state index in [4.69, 9.17) is 4.42 Å². The molecule has 2 aromatic heterocycles. The number of nitrogens with one attached hydrogen (secondary N) is 3. The molecule has 8 nitrogen and oxygen atoms in total. The minimum Gasteiger partial charge on any atom is -0.408 e. The first-order chi connectivity index (χ1) is 12.8. The van der Waals surface area contributed by atoms with Gasteiger partial charge in [0.25, 0.3) is 5.56 Å². The molecule has 138 valence electrons. The minimum atomic E-state index is -3.90. The lowest BCUT2D eigenvalue weighted by Gasteiger charge is -2.08. The summed E-state index contributed by atoms with van der Waals surface area (Å²) < 4.78 is 32.3. The number of aromatic amines is 2. The molecule has 0 amide bonds. The van der Waals surface area contributed by atoms with E-state index in [1.807, 2.05) is 25.1 Å². The summed E-state index contributed by atoms with van der Waals surface area (Å²) in [5.74, 6) is -0.662. The topological polar surface area (TPSA) is 125 Å². The third kappa shape index (κ3) is 3.29. The average Bonchev–Trinajstić information content (AvgIpc) is 2.99. The van der Waals surface area contributed by atoms with Gasteiger partial charge in [0.15, 0.2) is 5.58 Å². The van der Waals surface area contributed by atoms with Gasteiger partial charge in [0, 0.05) is 23.7 Å². The number of oxazole rings is 1. The second kappa shape index (κ2) is 6.22. The van der Waals surface area contributed by atoms with Crippen molar-refractivity contribution in [2.75, 3.05) is 0 Å². The summed E-state index contributed by atoms with van der Waals surface area (Å²) in [6.45, 7) is 1.75. The summed E-state index contributed by atoms with van der Waals surface area (Å²) in [4.78, 5) is 28.6. The van der Waals surface area contributed by atoms with Gasteiger partial charge >= 0.3 is 5.76 Å². The number of aromatic nitrogens is 2. The monoisotopic (exact) mass is 385 g/mol. The Kier molecular flexibility index (Phi) is 3.97. The fourth-order valence-corrected chi connectivity index (χ4v) is 3.86. The van der Waals surface area contributed by atoms with Crippen molar-refractivity contribution in [2.24, 2.45) is 0 Å². The van der Waals surface area contributed by atoms with Crippen LogP contribution in [0.3, 0.4) is 0 Å². The van der Waals surface area contributed by atoms with E-state index in [1.54, 1.807) is 6.07 Å². The lowest BCUT2D eigenvalue weighted by Crippen LogP contribution is -2.27. The second-order valence-corrected chi connectivity index (χ2v) is 7.98. The zero-order valence-electron chi connectivity index (χ0n) is 14.2. The zero-order chi connectivity index (χ0) is 19.2. The lowest BCUT2D eigenvalue weighted by molar-refractivity contribution is 0.553. The maximum absolute atomic E-state index is 12.5. The molecule has 9 heteroatoms. The highest BCUT2D eigenvalue weighted by molar-refractivity contribution is 7.89. The SMILES string of the molecule is Cc1ccc2cc(CNS(=O)(=O)c3ccc4[nH]c(=O)oc4c3)c(=O)[nH]c2c1. The van der Waals surface area contributed by atoms with Crippen molar-refractivity contribution in [1.82, 2.24) is 14.7 Å². The summed E-state index contributed by atoms with van der Waals surface area (Å²) in [7, 11) is -3.90. The van der Waals surface area contributed by atoms with Crippen molar-refractivity contribution >= 4 is 32.0 Å². The molecule has 3 N–H and O–H groups in total. The van der Waals surface area contributed by atoms with Crippen LogP contribution < -0.4 is 16.0 Å². The van der Waals surface area contributed by atoms with Crippen LogP contribution >= 0.6 is 0 Å². The molecule has 27 heavy (non-hydrogen) atoms. The number of fused-ring (bicyclic) bond motifs is 2. The highest BCUT2D eigenvalue weighted by Gasteiger charge is 2.16. The third-order valence-electron chi connectivity index (χ3n) is 4.23. The molecule has 0 atom stereocenters. The molecule has 0 unspecified atom stereocenters.